The van der Waals surface area contributed by atoms with Gasteiger partial charge < -0.3 is 15.0 Å². The number of benzene rings is 1. The van der Waals surface area contributed by atoms with Gasteiger partial charge >= 0.3 is 6.18 Å². The Morgan fingerprint density at radius 1 is 1.07 bits per heavy atom. The number of nitrogens with zero attached hydrogens (tertiary/aromatic N) is 6. The van der Waals surface area contributed by atoms with Crippen molar-refractivity contribution >= 4 is 60.2 Å². The van der Waals surface area contributed by atoms with Gasteiger partial charge in [-0.15, -0.1) is 25.0 Å². The zero-order chi connectivity index (χ0) is 41.2. The average molecular weight is 849 g/mol. The molecule has 4 aliphatic rings. The summed E-state index contributed by atoms with van der Waals surface area (Å²) in [5.41, 5.74) is -2.59. The fraction of sp³-hybridized carbons (Fsp3) is 0.600. The monoisotopic (exact) mass is 848 g/mol. The van der Waals surface area contributed by atoms with Crippen molar-refractivity contribution in [2.45, 2.75) is 120 Å². The minimum absolute atomic E-state index is 0. The number of amides is 4. The fourth-order valence-electron chi connectivity index (χ4n) is 8.87. The van der Waals surface area contributed by atoms with Gasteiger partial charge in [0.05, 0.1) is 41.3 Å². The highest BCUT2D eigenvalue weighted by atomic mass is 35.5. The molecule has 58 heavy (non-hydrogen) atoms. The number of aromatic nitrogens is 1. The number of piperazine rings is 1. The molecule has 2 aromatic rings. The number of imide groups is 1. The van der Waals surface area contributed by atoms with Crippen molar-refractivity contribution in [3.05, 3.63) is 53.2 Å². The van der Waals surface area contributed by atoms with E-state index in [2.05, 4.69) is 39.3 Å². The third-order valence-electron chi connectivity index (χ3n) is 11.8. The zero-order valence-electron chi connectivity index (χ0n) is 33.1. The summed E-state index contributed by atoms with van der Waals surface area (Å²) >= 11 is 4.76. The predicted molar refractivity (Wildman–Crippen MR) is 216 cm³/mol. The van der Waals surface area contributed by atoms with Gasteiger partial charge in [0.15, 0.2) is 0 Å². The number of carbonyl (C=O) groups excluding carboxylic acids is 4. The molecule has 13 nitrogen and oxygen atoms in total. The SMILES string of the molecule is C[C@@H]1CN(CCCOC2CCC(N3C(S)N(c4ccc(C#N)c(C(F)(F)F)c4)C(=O)C3(C)C)CC2)C[C@H](C)N1CC(=O)Nc1ccc(C2CCC(=O)NC2=O)cn1.Cl. The Morgan fingerprint density at radius 3 is 2.36 bits per heavy atom. The molecule has 3 aliphatic heterocycles. The van der Waals surface area contributed by atoms with E-state index in [1.165, 1.54) is 11.0 Å². The van der Waals surface area contributed by atoms with Crippen molar-refractivity contribution in [3.63, 3.8) is 0 Å². The van der Waals surface area contributed by atoms with E-state index >= 15 is 0 Å². The molecule has 4 amide bonds. The first kappa shape index (κ1) is 45.3. The summed E-state index contributed by atoms with van der Waals surface area (Å²) in [5.74, 6) is -1.14. The number of anilines is 2. The molecular weight excluding hydrogens is 797 g/mol. The number of hydrogen-bond acceptors (Lipinski definition) is 11. The molecule has 4 fully saturated rings. The lowest BCUT2D eigenvalue weighted by molar-refractivity contribution is -0.138. The Bertz CT molecular complexity index is 1860. The third kappa shape index (κ3) is 9.97. The molecule has 316 valence electrons. The van der Waals surface area contributed by atoms with Gasteiger partial charge in [-0.2, -0.15) is 18.4 Å². The van der Waals surface area contributed by atoms with Crippen LogP contribution < -0.4 is 15.5 Å². The molecule has 4 heterocycles. The number of pyridine rings is 1. The quantitative estimate of drug-likeness (QED) is 0.154. The summed E-state index contributed by atoms with van der Waals surface area (Å²) in [7, 11) is 0. The number of rotatable bonds is 11. The van der Waals surface area contributed by atoms with Crippen molar-refractivity contribution < 1.29 is 37.1 Å². The molecular formula is C40H52ClF3N8O5S. The maximum Gasteiger partial charge on any atom is 0.417 e. The molecule has 3 saturated heterocycles. The Kier molecular flexibility index (Phi) is 14.6. The smallest absolute Gasteiger partial charge is 0.378 e. The summed E-state index contributed by atoms with van der Waals surface area (Å²) in [5, 5.41) is 14.4. The first-order valence-corrected chi connectivity index (χ1v) is 20.1. The minimum atomic E-state index is -4.74. The van der Waals surface area contributed by atoms with Gasteiger partial charge in [0.1, 0.15) is 11.3 Å². The van der Waals surface area contributed by atoms with Crippen LogP contribution in [0.2, 0.25) is 0 Å². The number of ether oxygens (including phenoxy) is 1. The van der Waals surface area contributed by atoms with Crippen LogP contribution in [0.1, 0.15) is 95.2 Å². The molecule has 1 aromatic carbocycles. The molecule has 1 aliphatic carbocycles. The zero-order valence-corrected chi connectivity index (χ0v) is 34.8. The largest absolute Gasteiger partial charge is 0.417 e. The number of nitrogens with one attached hydrogen (secondary N) is 2. The third-order valence-corrected chi connectivity index (χ3v) is 12.3. The molecule has 0 spiro atoms. The topological polar surface area (TPSA) is 151 Å². The van der Waals surface area contributed by atoms with Crippen molar-refractivity contribution in [2.24, 2.45) is 0 Å². The summed E-state index contributed by atoms with van der Waals surface area (Å²) in [6.45, 7) is 11.1. The Balaban J connectivity index is 0.00000641. The number of nitriles is 1. The van der Waals surface area contributed by atoms with Crippen LogP contribution >= 0.6 is 25.0 Å². The molecule has 0 bridgehead atoms. The van der Waals surface area contributed by atoms with Crippen LogP contribution in [0.4, 0.5) is 24.7 Å². The van der Waals surface area contributed by atoms with Gasteiger partial charge in [0.25, 0.3) is 0 Å². The predicted octanol–water partition coefficient (Wildman–Crippen LogP) is 5.31. The molecule has 4 atom stereocenters. The van der Waals surface area contributed by atoms with Gasteiger partial charge in [-0.25, -0.2) is 4.98 Å². The van der Waals surface area contributed by atoms with Crippen LogP contribution in [0, 0.1) is 11.3 Å². The van der Waals surface area contributed by atoms with Gasteiger partial charge in [-0.3, -0.25) is 39.2 Å². The van der Waals surface area contributed by atoms with Gasteiger partial charge in [-0.1, -0.05) is 6.07 Å². The van der Waals surface area contributed by atoms with Crippen LogP contribution in [-0.2, 0) is 30.1 Å². The first-order valence-electron chi connectivity index (χ1n) is 19.6. The lowest BCUT2D eigenvalue weighted by Gasteiger charge is -2.44. The van der Waals surface area contributed by atoms with Gasteiger partial charge in [0, 0.05) is 62.7 Å². The maximum atomic E-state index is 13.7. The Morgan fingerprint density at radius 2 is 1.76 bits per heavy atom. The van der Waals surface area contributed by atoms with E-state index < -0.39 is 34.3 Å². The van der Waals surface area contributed by atoms with E-state index in [4.69, 9.17) is 17.4 Å². The van der Waals surface area contributed by atoms with Crippen LogP contribution in [-0.4, -0.2) is 111 Å². The average Bonchev–Trinajstić information content (AvgIpc) is 3.33. The molecule has 1 aromatic heterocycles. The number of hydrogen-bond donors (Lipinski definition) is 3. The number of halogens is 4. The lowest BCUT2D eigenvalue weighted by Crippen LogP contribution is -2.58. The molecule has 0 radical (unpaired) electrons. The molecule has 2 N–H and O–H groups in total. The first-order chi connectivity index (χ1) is 27.0. The van der Waals surface area contributed by atoms with Crippen molar-refractivity contribution in [1.82, 2.24) is 25.0 Å². The van der Waals surface area contributed by atoms with E-state index in [1.807, 2.05) is 4.90 Å². The Labute approximate surface area is 348 Å². The van der Waals surface area contributed by atoms with Crippen molar-refractivity contribution in [3.8, 4) is 6.07 Å². The van der Waals surface area contributed by atoms with Gasteiger partial charge in [0.2, 0.25) is 23.6 Å². The molecule has 2 unspecified atom stereocenters. The maximum absolute atomic E-state index is 13.7. The van der Waals surface area contributed by atoms with E-state index in [0.29, 0.717) is 24.4 Å². The highest BCUT2D eigenvalue weighted by Crippen LogP contribution is 2.43. The number of carbonyl (C=O) groups is 4. The number of alkyl halides is 3. The van der Waals surface area contributed by atoms with E-state index in [1.54, 1.807) is 38.2 Å². The Hall–Kier alpha value is -3.79. The summed E-state index contributed by atoms with van der Waals surface area (Å²) in [6, 6.07) is 8.64. The van der Waals surface area contributed by atoms with Crippen molar-refractivity contribution in [2.75, 3.05) is 43.0 Å². The van der Waals surface area contributed by atoms with E-state index in [9.17, 15) is 37.6 Å². The summed E-state index contributed by atoms with van der Waals surface area (Å²) < 4.78 is 47.5. The second kappa shape index (κ2) is 18.6. The standard InChI is InChI=1S/C40H51F3N8O5S.ClH/c1-24-21-48(22-25(2)49(24)23-35(53)46-33-14-7-27(20-45-33)31-13-15-34(52)47-36(31)54)16-5-17-56-30-11-9-28(10-12-30)51-38(57)50(37(55)39(51,3)4)29-8-6-26(19-44)32(18-29)40(41,42)43;/h6-8,14,18,20,24-25,28,30-31,38,57H,5,9-13,15-17,21-23H2,1-4H3,(H,45,46,53)(H,47,52,54);1H/t24-,25+,28?,30?,31?,38?;. The van der Waals surface area contributed by atoms with Crippen molar-refractivity contribution in [1.29, 1.82) is 5.26 Å². The van der Waals surface area contributed by atoms with Crippen LogP contribution in [0.15, 0.2) is 36.5 Å². The molecule has 1 saturated carbocycles. The normalized spacial score (nSPS) is 27.2. The second-order valence-corrected chi connectivity index (χ2v) is 16.6. The highest BCUT2D eigenvalue weighted by Gasteiger charge is 2.54. The minimum Gasteiger partial charge on any atom is -0.378 e. The van der Waals surface area contributed by atoms with E-state index in [0.717, 1.165) is 63.9 Å². The highest BCUT2D eigenvalue weighted by molar-refractivity contribution is 7.81. The number of piperidine rings is 1. The lowest BCUT2D eigenvalue weighted by atomic mass is 9.89. The molecule has 18 heteroatoms. The van der Waals surface area contributed by atoms with Crippen LogP contribution in [0.25, 0.3) is 0 Å². The van der Waals surface area contributed by atoms with Crippen LogP contribution in [0.3, 0.4) is 0 Å². The van der Waals surface area contributed by atoms with Gasteiger partial charge in [-0.05, 0) is 96.0 Å². The molecule has 6 rings (SSSR count). The second-order valence-electron chi connectivity index (χ2n) is 16.1. The number of thiol groups is 1. The fourth-order valence-corrected chi connectivity index (χ4v) is 9.58. The van der Waals surface area contributed by atoms with Crippen LogP contribution in [0.5, 0.6) is 0 Å². The van der Waals surface area contributed by atoms with E-state index in [-0.39, 0.29) is 78.9 Å². The summed E-state index contributed by atoms with van der Waals surface area (Å²) in [6.07, 6.45) is 1.55. The summed E-state index contributed by atoms with van der Waals surface area (Å²) in [4.78, 5) is 62.5.